The lowest BCUT2D eigenvalue weighted by Gasteiger charge is -2.36. The molecule has 1 nitrogen and oxygen atoms in total. The quantitative estimate of drug-likeness (QED) is 0.165. The van der Waals surface area contributed by atoms with Crippen LogP contribution in [0.5, 0.6) is 0 Å². The summed E-state index contributed by atoms with van der Waals surface area (Å²) in [7, 11) is 0. The van der Waals surface area contributed by atoms with Crippen molar-refractivity contribution in [2.45, 2.75) is 83.5 Å². The summed E-state index contributed by atoms with van der Waals surface area (Å²) in [6, 6.07) is 57.5. The van der Waals surface area contributed by atoms with E-state index in [2.05, 4.69) is 184 Å². The van der Waals surface area contributed by atoms with Gasteiger partial charge in [0.25, 0.3) is 0 Å². The van der Waals surface area contributed by atoms with E-state index in [1.807, 2.05) is 0 Å². The average molecular weight is 726 g/mol. The van der Waals surface area contributed by atoms with Crippen LogP contribution in [0.1, 0.15) is 86.8 Å². The van der Waals surface area contributed by atoms with E-state index in [0.29, 0.717) is 0 Å². The van der Waals surface area contributed by atoms with E-state index < -0.39 is 0 Å². The van der Waals surface area contributed by atoms with Gasteiger partial charge in [-0.15, -0.1) is 0 Å². The molecule has 0 saturated carbocycles. The number of nitrogens with zero attached hydrogens (tertiary/aromatic N) is 1. The second-order valence-corrected chi connectivity index (χ2v) is 17.6. The zero-order valence-corrected chi connectivity index (χ0v) is 33.3. The first-order valence-electron chi connectivity index (χ1n) is 20.9. The Hall–Kier alpha value is -5.66. The third-order valence-corrected chi connectivity index (χ3v) is 13.4. The van der Waals surface area contributed by atoms with E-state index in [-0.39, 0.29) is 10.8 Å². The number of benzene rings is 7. The van der Waals surface area contributed by atoms with Gasteiger partial charge in [-0.1, -0.05) is 149 Å². The summed E-state index contributed by atoms with van der Waals surface area (Å²) < 4.78 is 0. The van der Waals surface area contributed by atoms with E-state index in [1.54, 1.807) is 0 Å². The molecule has 7 aromatic carbocycles. The predicted molar refractivity (Wildman–Crippen MR) is 238 cm³/mol. The monoisotopic (exact) mass is 725 g/mol. The highest BCUT2D eigenvalue weighted by Gasteiger charge is 2.38. The molecule has 0 fully saturated rings. The Kier molecular flexibility index (Phi) is 8.40. The van der Waals surface area contributed by atoms with E-state index in [0.717, 1.165) is 19.3 Å². The van der Waals surface area contributed by atoms with Crippen molar-refractivity contribution >= 4 is 17.1 Å². The van der Waals surface area contributed by atoms with E-state index in [9.17, 15) is 0 Å². The minimum atomic E-state index is -0.116. The maximum Gasteiger partial charge on any atom is 0.0543 e. The van der Waals surface area contributed by atoms with Gasteiger partial charge in [0.15, 0.2) is 0 Å². The zero-order valence-electron chi connectivity index (χ0n) is 33.3. The fourth-order valence-electron chi connectivity index (χ4n) is 10.4. The minimum Gasteiger partial charge on any atom is -0.310 e. The lowest BCUT2D eigenvalue weighted by atomic mass is 9.71. The molecule has 0 aliphatic heterocycles. The van der Waals surface area contributed by atoms with E-state index in [4.69, 9.17) is 0 Å². The van der Waals surface area contributed by atoms with Crippen molar-refractivity contribution in [3.05, 3.63) is 185 Å². The number of fused-ring (bicyclic) bond motifs is 5. The summed E-state index contributed by atoms with van der Waals surface area (Å²) in [5.41, 5.74) is 23.1. The smallest absolute Gasteiger partial charge is 0.0543 e. The number of rotatable bonds is 6. The van der Waals surface area contributed by atoms with Crippen LogP contribution in [0.2, 0.25) is 0 Å². The standard InChI is InChI=1S/C55H51N/c1-54(2)34-14-22-45-44(21-13-24-49(45)54)48-35-47-46-20-10-11-23-50(46)55(3,4)51(47)36-53(48)56(52-25-12-18-41-17-8-9-19-43(41)52)42-32-30-40(31-33-42)39-28-26-38(27-29-39)37-15-6-5-7-16-37/h5-7,10-13,15-16,18,20-21,23-33,35-36H,8-9,14,17,19,22,34H2,1-4H3. The largest absolute Gasteiger partial charge is 0.310 e. The molecule has 0 N–H and O–H groups in total. The summed E-state index contributed by atoms with van der Waals surface area (Å²) in [5, 5.41) is 0. The van der Waals surface area contributed by atoms with Crippen molar-refractivity contribution in [2.24, 2.45) is 0 Å². The summed E-state index contributed by atoms with van der Waals surface area (Å²) in [6.45, 7) is 9.72. The fraction of sp³-hybridized carbons (Fsp3) is 0.236. The SMILES string of the molecule is CC1(C)CCCc2c(-c3cc4c(cc3N(c3ccc(-c5ccc(-c6ccccc6)cc5)cc3)c3cccc5c3CCCC5)C(C)(C)c3ccccc3-4)cccc21. The van der Waals surface area contributed by atoms with Gasteiger partial charge in [0.2, 0.25) is 0 Å². The first kappa shape index (κ1) is 34.8. The molecule has 0 amide bonds. The lowest BCUT2D eigenvalue weighted by Crippen LogP contribution is -2.24. The molecule has 7 aromatic rings. The second-order valence-electron chi connectivity index (χ2n) is 17.6. The zero-order chi connectivity index (χ0) is 38.0. The van der Waals surface area contributed by atoms with Crippen LogP contribution in [0.4, 0.5) is 17.1 Å². The van der Waals surface area contributed by atoms with Crippen molar-refractivity contribution in [3.63, 3.8) is 0 Å². The molecule has 0 saturated heterocycles. The third kappa shape index (κ3) is 5.74. The highest BCUT2D eigenvalue weighted by molar-refractivity contribution is 5.96. The number of hydrogen-bond acceptors (Lipinski definition) is 1. The Morgan fingerprint density at radius 2 is 1.02 bits per heavy atom. The van der Waals surface area contributed by atoms with Crippen molar-refractivity contribution in [3.8, 4) is 44.5 Å². The molecule has 276 valence electrons. The minimum absolute atomic E-state index is 0.116. The van der Waals surface area contributed by atoms with Gasteiger partial charge in [-0.05, 0) is 153 Å². The lowest BCUT2D eigenvalue weighted by molar-refractivity contribution is 0.432. The average Bonchev–Trinajstić information content (AvgIpc) is 3.46. The van der Waals surface area contributed by atoms with Gasteiger partial charge in [0.05, 0.1) is 5.69 Å². The van der Waals surface area contributed by atoms with Crippen LogP contribution in [0, 0.1) is 0 Å². The first-order valence-corrected chi connectivity index (χ1v) is 20.9. The molecule has 0 unspecified atom stereocenters. The second kappa shape index (κ2) is 13.5. The Morgan fingerprint density at radius 3 is 1.79 bits per heavy atom. The number of aryl methyl sites for hydroxylation is 1. The summed E-state index contributed by atoms with van der Waals surface area (Å²) >= 11 is 0. The molecule has 1 heteroatoms. The Morgan fingerprint density at radius 1 is 0.411 bits per heavy atom. The van der Waals surface area contributed by atoms with Crippen LogP contribution in [-0.2, 0) is 30.1 Å². The van der Waals surface area contributed by atoms with Crippen LogP contribution in [0.15, 0.2) is 152 Å². The Labute approximate surface area is 333 Å². The van der Waals surface area contributed by atoms with E-state index in [1.165, 1.54) is 121 Å². The molecule has 10 rings (SSSR count). The third-order valence-electron chi connectivity index (χ3n) is 13.4. The van der Waals surface area contributed by atoms with Gasteiger partial charge < -0.3 is 4.90 Å². The van der Waals surface area contributed by atoms with Crippen LogP contribution in [0.25, 0.3) is 44.5 Å². The molecular weight excluding hydrogens is 675 g/mol. The topological polar surface area (TPSA) is 3.24 Å². The number of anilines is 3. The van der Waals surface area contributed by atoms with E-state index >= 15 is 0 Å². The molecule has 0 atom stereocenters. The fourth-order valence-corrected chi connectivity index (χ4v) is 10.4. The predicted octanol–water partition coefficient (Wildman–Crippen LogP) is 15.0. The number of hydrogen-bond donors (Lipinski definition) is 0. The van der Waals surface area contributed by atoms with Crippen LogP contribution in [0.3, 0.4) is 0 Å². The summed E-state index contributed by atoms with van der Waals surface area (Å²) in [4.78, 5) is 2.63. The molecule has 0 heterocycles. The van der Waals surface area contributed by atoms with Gasteiger partial charge in [-0.25, -0.2) is 0 Å². The molecule has 0 radical (unpaired) electrons. The highest BCUT2D eigenvalue weighted by Crippen LogP contribution is 2.55. The van der Waals surface area contributed by atoms with Gasteiger partial charge in [-0.3, -0.25) is 0 Å². The molecule has 0 spiro atoms. The maximum atomic E-state index is 2.63. The molecule has 0 aromatic heterocycles. The van der Waals surface area contributed by atoms with Crippen molar-refractivity contribution in [1.29, 1.82) is 0 Å². The van der Waals surface area contributed by atoms with Crippen molar-refractivity contribution in [1.82, 2.24) is 0 Å². The van der Waals surface area contributed by atoms with Crippen molar-refractivity contribution < 1.29 is 0 Å². The first-order chi connectivity index (χ1) is 27.3. The highest BCUT2D eigenvalue weighted by atomic mass is 15.1. The van der Waals surface area contributed by atoms with Crippen LogP contribution in [-0.4, -0.2) is 0 Å². The van der Waals surface area contributed by atoms with Gasteiger partial charge in [-0.2, -0.15) is 0 Å². The van der Waals surface area contributed by atoms with Crippen molar-refractivity contribution in [2.75, 3.05) is 4.90 Å². The molecule has 0 bridgehead atoms. The molecule has 56 heavy (non-hydrogen) atoms. The van der Waals surface area contributed by atoms with Crippen LogP contribution >= 0.6 is 0 Å². The Bertz CT molecular complexity index is 2590. The molecular formula is C55H51N. The van der Waals surface area contributed by atoms with Gasteiger partial charge in [0.1, 0.15) is 0 Å². The van der Waals surface area contributed by atoms with Gasteiger partial charge in [0, 0.05) is 22.4 Å². The summed E-state index contributed by atoms with van der Waals surface area (Å²) in [5.74, 6) is 0. The Balaban J connectivity index is 1.19. The summed E-state index contributed by atoms with van der Waals surface area (Å²) in [6.07, 6.45) is 8.32. The molecule has 3 aliphatic rings. The molecule has 3 aliphatic carbocycles. The van der Waals surface area contributed by atoms with Gasteiger partial charge >= 0.3 is 0 Å². The maximum absolute atomic E-state index is 2.63. The normalized spacial score (nSPS) is 16.0. The van der Waals surface area contributed by atoms with Crippen LogP contribution < -0.4 is 4.90 Å².